The van der Waals surface area contributed by atoms with Crippen molar-refractivity contribution in [2.24, 2.45) is 0 Å². The number of aromatic hydroxyl groups is 2. The highest BCUT2D eigenvalue weighted by molar-refractivity contribution is 6.04. The number of halogens is 2. The quantitative estimate of drug-likeness (QED) is 0.181. The van der Waals surface area contributed by atoms with E-state index in [1.54, 1.807) is 24.3 Å². The summed E-state index contributed by atoms with van der Waals surface area (Å²) < 4.78 is 29.7. The maximum Gasteiger partial charge on any atom is 0.258 e. The number of carbonyl (C=O) groups is 2. The smallest absolute Gasteiger partial charge is 0.258 e. The number of hydrogen-bond donors (Lipinski definition) is 3. The lowest BCUT2D eigenvalue weighted by Gasteiger charge is -2.28. The molecule has 1 aliphatic rings. The van der Waals surface area contributed by atoms with Gasteiger partial charge in [0.15, 0.2) is 0 Å². The largest absolute Gasteiger partial charge is 0.508 e. The molecule has 10 heteroatoms. The Morgan fingerprint density at radius 1 is 1.02 bits per heavy atom. The summed E-state index contributed by atoms with van der Waals surface area (Å²) in [6, 6.07) is 16.0. The minimum absolute atomic E-state index is 0.0135. The number of anilines is 2. The van der Waals surface area contributed by atoms with Crippen LogP contribution < -0.4 is 5.32 Å². The SMILES string of the molecule is CCCN(C(=O)c1ccc(Nc2cc(-c3c(F)cccc3F)nc3c2C(=O)N(Cc2ccc(O)cc2O)C3)cc1)C(C)CC. The first-order chi connectivity index (χ1) is 21.1. The Bertz CT molecular complexity index is 1690. The Hall–Kier alpha value is -4.99. The molecule has 4 aromatic rings. The molecule has 0 radical (unpaired) electrons. The molecule has 0 saturated carbocycles. The van der Waals surface area contributed by atoms with Gasteiger partial charge in [0.1, 0.15) is 23.1 Å². The summed E-state index contributed by atoms with van der Waals surface area (Å²) in [5, 5.41) is 23.1. The molecule has 1 aliphatic heterocycles. The summed E-state index contributed by atoms with van der Waals surface area (Å²) in [7, 11) is 0. The number of hydrogen-bond acceptors (Lipinski definition) is 6. The van der Waals surface area contributed by atoms with Crippen LogP contribution in [0.5, 0.6) is 11.5 Å². The topological polar surface area (TPSA) is 106 Å². The second kappa shape index (κ2) is 12.7. The molecule has 0 bridgehead atoms. The molecule has 0 fully saturated rings. The molecule has 3 aromatic carbocycles. The van der Waals surface area contributed by atoms with E-state index in [2.05, 4.69) is 10.3 Å². The molecule has 1 unspecified atom stereocenters. The minimum atomic E-state index is -0.792. The number of fused-ring (bicyclic) bond motifs is 1. The molecule has 228 valence electrons. The number of pyridine rings is 1. The minimum Gasteiger partial charge on any atom is -0.508 e. The molecule has 5 rings (SSSR count). The van der Waals surface area contributed by atoms with E-state index in [0.29, 0.717) is 34.7 Å². The zero-order valence-electron chi connectivity index (χ0n) is 24.8. The van der Waals surface area contributed by atoms with Gasteiger partial charge in [-0.3, -0.25) is 9.59 Å². The third kappa shape index (κ3) is 6.06. The Labute approximate surface area is 254 Å². The van der Waals surface area contributed by atoms with Gasteiger partial charge < -0.3 is 25.3 Å². The van der Waals surface area contributed by atoms with Crippen molar-refractivity contribution in [1.82, 2.24) is 14.8 Å². The summed E-state index contributed by atoms with van der Waals surface area (Å²) >= 11 is 0. The number of carbonyl (C=O) groups excluding carboxylic acids is 2. The molecule has 2 heterocycles. The molecule has 44 heavy (non-hydrogen) atoms. The van der Waals surface area contributed by atoms with Gasteiger partial charge in [0, 0.05) is 35.5 Å². The number of aromatic nitrogens is 1. The van der Waals surface area contributed by atoms with Gasteiger partial charge in [0.25, 0.3) is 11.8 Å². The van der Waals surface area contributed by atoms with Gasteiger partial charge in [0.05, 0.1) is 41.3 Å². The van der Waals surface area contributed by atoms with E-state index in [9.17, 15) is 28.6 Å². The highest BCUT2D eigenvalue weighted by Crippen LogP contribution is 2.37. The first kappa shape index (κ1) is 30.5. The lowest BCUT2D eigenvalue weighted by atomic mass is 10.1. The van der Waals surface area contributed by atoms with Crippen molar-refractivity contribution in [3.8, 4) is 22.8 Å². The average molecular weight is 601 g/mol. The van der Waals surface area contributed by atoms with Crippen molar-refractivity contribution in [2.45, 2.75) is 52.7 Å². The second-order valence-corrected chi connectivity index (χ2v) is 10.9. The Morgan fingerprint density at radius 3 is 2.36 bits per heavy atom. The summed E-state index contributed by atoms with van der Waals surface area (Å²) in [5.41, 5.74) is 2.02. The van der Waals surface area contributed by atoms with Crippen molar-refractivity contribution < 1.29 is 28.6 Å². The molecule has 8 nitrogen and oxygen atoms in total. The van der Waals surface area contributed by atoms with Gasteiger partial charge in [0.2, 0.25) is 0 Å². The summed E-state index contributed by atoms with van der Waals surface area (Å²) in [5.74, 6) is -2.33. The number of nitrogens with zero attached hydrogens (tertiary/aromatic N) is 3. The lowest BCUT2D eigenvalue weighted by Crippen LogP contribution is -2.38. The van der Waals surface area contributed by atoms with Crippen LogP contribution in [0.2, 0.25) is 0 Å². The highest BCUT2D eigenvalue weighted by atomic mass is 19.1. The van der Waals surface area contributed by atoms with E-state index in [0.717, 1.165) is 25.0 Å². The third-order valence-corrected chi connectivity index (χ3v) is 7.84. The van der Waals surface area contributed by atoms with Crippen LogP contribution in [0.3, 0.4) is 0 Å². The number of phenols is 2. The Morgan fingerprint density at radius 2 is 1.73 bits per heavy atom. The van der Waals surface area contributed by atoms with Crippen LogP contribution in [0, 0.1) is 11.6 Å². The zero-order valence-corrected chi connectivity index (χ0v) is 24.8. The van der Waals surface area contributed by atoms with E-state index in [-0.39, 0.29) is 53.4 Å². The van der Waals surface area contributed by atoms with Gasteiger partial charge in [-0.2, -0.15) is 0 Å². The van der Waals surface area contributed by atoms with E-state index < -0.39 is 17.5 Å². The van der Waals surface area contributed by atoms with E-state index in [1.807, 2.05) is 25.7 Å². The first-order valence-corrected chi connectivity index (χ1v) is 14.6. The van der Waals surface area contributed by atoms with Crippen LogP contribution in [0.4, 0.5) is 20.2 Å². The van der Waals surface area contributed by atoms with Crippen LogP contribution in [0.1, 0.15) is 65.6 Å². The molecule has 3 N–H and O–H groups in total. The molecule has 2 amide bonds. The number of nitrogens with one attached hydrogen (secondary N) is 1. The maximum absolute atomic E-state index is 14.8. The van der Waals surface area contributed by atoms with E-state index in [1.165, 1.54) is 35.2 Å². The fourth-order valence-electron chi connectivity index (χ4n) is 5.35. The van der Waals surface area contributed by atoms with E-state index in [4.69, 9.17) is 0 Å². The van der Waals surface area contributed by atoms with Gasteiger partial charge >= 0.3 is 0 Å². The van der Waals surface area contributed by atoms with Crippen LogP contribution in [0.15, 0.2) is 66.7 Å². The standard InChI is InChI=1S/C34H34F2N4O4/c1-4-15-40(20(3)5-2)33(43)21-9-12-23(13-10-21)37-28-17-27(31-25(35)7-6-8-26(31)36)38-29-19-39(34(44)32(28)29)18-22-11-14-24(41)16-30(22)42/h6-14,16-17,20,41-42H,4-5,15,18-19H2,1-3H3,(H,37,38). The predicted octanol–water partition coefficient (Wildman–Crippen LogP) is 6.99. The number of rotatable bonds is 10. The van der Waals surface area contributed by atoms with Gasteiger partial charge in [-0.25, -0.2) is 13.8 Å². The van der Waals surface area contributed by atoms with Crippen molar-refractivity contribution >= 4 is 23.2 Å². The molecular weight excluding hydrogens is 566 g/mol. The fourth-order valence-corrected chi connectivity index (χ4v) is 5.35. The molecule has 0 aliphatic carbocycles. The molecule has 0 spiro atoms. The molecule has 1 aromatic heterocycles. The predicted molar refractivity (Wildman–Crippen MR) is 164 cm³/mol. The number of benzene rings is 3. The van der Waals surface area contributed by atoms with Crippen LogP contribution in [0.25, 0.3) is 11.3 Å². The van der Waals surface area contributed by atoms with Crippen molar-refractivity contribution in [3.05, 3.63) is 101 Å². The molecular formula is C34H34F2N4O4. The van der Waals surface area contributed by atoms with Crippen LogP contribution in [-0.2, 0) is 13.1 Å². The maximum atomic E-state index is 14.8. The first-order valence-electron chi connectivity index (χ1n) is 14.6. The van der Waals surface area contributed by atoms with Crippen molar-refractivity contribution in [1.29, 1.82) is 0 Å². The monoisotopic (exact) mass is 600 g/mol. The summed E-state index contributed by atoms with van der Waals surface area (Å²) in [6.45, 7) is 6.78. The highest BCUT2D eigenvalue weighted by Gasteiger charge is 2.33. The fraction of sp³-hybridized carbons (Fsp3) is 0.265. The lowest BCUT2D eigenvalue weighted by molar-refractivity contribution is 0.0687. The van der Waals surface area contributed by atoms with Crippen molar-refractivity contribution in [2.75, 3.05) is 11.9 Å². The average Bonchev–Trinajstić information content (AvgIpc) is 3.31. The third-order valence-electron chi connectivity index (χ3n) is 7.84. The normalized spacial score (nSPS) is 13.1. The van der Waals surface area contributed by atoms with Crippen LogP contribution >= 0.6 is 0 Å². The molecule has 1 atom stereocenters. The summed E-state index contributed by atoms with van der Waals surface area (Å²) in [4.78, 5) is 34.7. The van der Waals surface area contributed by atoms with Gasteiger partial charge in [-0.1, -0.05) is 19.9 Å². The second-order valence-electron chi connectivity index (χ2n) is 10.9. The molecule has 0 saturated heterocycles. The van der Waals surface area contributed by atoms with Gasteiger partial charge in [-0.15, -0.1) is 0 Å². The Kier molecular flexibility index (Phi) is 8.80. The number of amides is 2. The number of phenolic OH excluding ortho intramolecular Hbond substituents is 2. The van der Waals surface area contributed by atoms with Gasteiger partial charge in [-0.05, 0) is 74.4 Å². The van der Waals surface area contributed by atoms with Crippen LogP contribution in [-0.4, -0.2) is 49.4 Å². The zero-order chi connectivity index (χ0) is 31.5. The Balaban J connectivity index is 1.50. The van der Waals surface area contributed by atoms with Crippen molar-refractivity contribution in [3.63, 3.8) is 0 Å². The van der Waals surface area contributed by atoms with E-state index >= 15 is 0 Å². The summed E-state index contributed by atoms with van der Waals surface area (Å²) in [6.07, 6.45) is 1.67.